The summed E-state index contributed by atoms with van der Waals surface area (Å²) < 4.78 is 40.0. The van der Waals surface area contributed by atoms with Crippen LogP contribution in [0.3, 0.4) is 0 Å². The third kappa shape index (κ3) is 3.31. The first-order valence-corrected chi connectivity index (χ1v) is 12.3. The molecule has 0 fully saturated rings. The molecule has 6 rings (SSSR count). The van der Waals surface area contributed by atoms with Gasteiger partial charge in [-0.1, -0.05) is 30.3 Å². The largest absolute Gasteiger partial charge is 0.454 e. The molecule has 0 aliphatic carbocycles. The first-order valence-electron chi connectivity index (χ1n) is 10.9. The second-order valence-electron chi connectivity index (χ2n) is 8.51. The third-order valence-corrected chi connectivity index (χ3v) is 7.96. The van der Waals surface area contributed by atoms with E-state index in [9.17, 15) is 8.42 Å². The van der Waals surface area contributed by atoms with Gasteiger partial charge in [0.05, 0.1) is 15.9 Å². The molecular formula is C25H22N4O4S. The molecule has 8 nitrogen and oxygen atoms in total. The fraction of sp³-hybridized carbons (Fsp3) is 0.200. The van der Waals surface area contributed by atoms with Crippen LogP contribution in [-0.4, -0.2) is 31.8 Å². The van der Waals surface area contributed by atoms with Crippen LogP contribution in [-0.2, 0) is 16.6 Å². The topological polar surface area (TPSA) is 84.9 Å². The zero-order chi connectivity index (χ0) is 23.4. The predicted molar refractivity (Wildman–Crippen MR) is 129 cm³/mol. The molecule has 0 atom stereocenters. The van der Waals surface area contributed by atoms with Crippen LogP contribution in [0.5, 0.6) is 11.5 Å². The van der Waals surface area contributed by atoms with Crippen LogP contribution in [0.4, 0.5) is 11.6 Å². The first kappa shape index (κ1) is 20.7. The molecule has 0 N–H and O–H groups in total. The van der Waals surface area contributed by atoms with Gasteiger partial charge in [0.25, 0.3) is 10.0 Å². The van der Waals surface area contributed by atoms with Crippen LogP contribution in [0.25, 0.3) is 11.0 Å². The van der Waals surface area contributed by atoms with Gasteiger partial charge in [-0.2, -0.15) is 0 Å². The highest BCUT2D eigenvalue weighted by Crippen LogP contribution is 2.40. The highest BCUT2D eigenvalue weighted by molar-refractivity contribution is 7.93. The highest BCUT2D eigenvalue weighted by Gasteiger charge is 2.38. The van der Waals surface area contributed by atoms with Gasteiger partial charge in [-0.05, 0) is 60.9 Å². The van der Waals surface area contributed by atoms with E-state index in [4.69, 9.17) is 19.4 Å². The minimum atomic E-state index is -3.86. The molecule has 2 aliphatic heterocycles. The van der Waals surface area contributed by atoms with Crippen molar-refractivity contribution in [2.75, 3.05) is 22.7 Å². The van der Waals surface area contributed by atoms with Gasteiger partial charge in [0, 0.05) is 6.54 Å². The summed E-state index contributed by atoms with van der Waals surface area (Å²) in [7, 11) is -3.86. The monoisotopic (exact) mass is 474 g/mol. The van der Waals surface area contributed by atoms with Crippen molar-refractivity contribution in [3.8, 4) is 11.5 Å². The van der Waals surface area contributed by atoms with Crippen LogP contribution < -0.4 is 18.7 Å². The Morgan fingerprint density at radius 1 is 0.882 bits per heavy atom. The lowest BCUT2D eigenvalue weighted by molar-refractivity contribution is 0.174. The fourth-order valence-corrected chi connectivity index (χ4v) is 6.02. The van der Waals surface area contributed by atoms with E-state index < -0.39 is 10.0 Å². The Morgan fingerprint density at radius 3 is 2.41 bits per heavy atom. The van der Waals surface area contributed by atoms with E-state index >= 15 is 0 Å². The number of aryl methyl sites for hydroxylation is 2. The van der Waals surface area contributed by atoms with Gasteiger partial charge >= 0.3 is 0 Å². The lowest BCUT2D eigenvalue weighted by atomic mass is 10.2. The van der Waals surface area contributed by atoms with Crippen molar-refractivity contribution in [2.24, 2.45) is 0 Å². The maximum Gasteiger partial charge on any atom is 0.267 e. The van der Waals surface area contributed by atoms with Crippen molar-refractivity contribution >= 4 is 32.7 Å². The Kier molecular flexibility index (Phi) is 4.63. The molecule has 4 aromatic rings. The Bertz CT molecular complexity index is 1550. The summed E-state index contributed by atoms with van der Waals surface area (Å²) >= 11 is 0. The summed E-state index contributed by atoms with van der Waals surface area (Å²) in [6.45, 7) is 4.44. The van der Waals surface area contributed by atoms with Crippen LogP contribution in [0.15, 0.2) is 65.6 Å². The number of nitrogens with zero attached hydrogens (tertiary/aromatic N) is 4. The molecule has 0 bridgehead atoms. The first-order chi connectivity index (χ1) is 16.4. The average Bonchev–Trinajstić information content (AvgIpc) is 3.44. The van der Waals surface area contributed by atoms with E-state index in [1.54, 1.807) is 13.0 Å². The SMILES string of the molecule is Cc1ccc(C)c(S(=O)(=O)N2CN(Cc3ccc4c(c3)OCO4)c3nc4ccccc4nc32)c1. The molecule has 3 aromatic carbocycles. The van der Waals surface area contributed by atoms with Crippen molar-refractivity contribution in [1.29, 1.82) is 0 Å². The molecule has 1 aromatic heterocycles. The maximum atomic E-state index is 13.9. The number of hydrogen-bond acceptors (Lipinski definition) is 7. The van der Waals surface area contributed by atoms with Gasteiger partial charge in [-0.25, -0.2) is 22.7 Å². The summed E-state index contributed by atoms with van der Waals surface area (Å²) in [5.41, 5.74) is 3.88. The summed E-state index contributed by atoms with van der Waals surface area (Å²) in [5, 5.41) is 0. The van der Waals surface area contributed by atoms with Gasteiger partial charge in [0.1, 0.15) is 6.67 Å². The number of hydrogen-bond donors (Lipinski definition) is 0. The fourth-order valence-electron chi connectivity index (χ4n) is 4.33. The van der Waals surface area contributed by atoms with Gasteiger partial charge in [0.15, 0.2) is 23.1 Å². The van der Waals surface area contributed by atoms with Crippen molar-refractivity contribution < 1.29 is 17.9 Å². The average molecular weight is 475 g/mol. The number of aromatic nitrogens is 2. The number of rotatable bonds is 4. The summed E-state index contributed by atoms with van der Waals surface area (Å²) in [6, 6.07) is 18.7. The minimum absolute atomic E-state index is 0.107. The molecule has 9 heteroatoms. The zero-order valence-electron chi connectivity index (χ0n) is 18.7. The molecule has 0 spiro atoms. The molecule has 3 heterocycles. The molecular weight excluding hydrogens is 452 g/mol. The molecule has 2 aliphatic rings. The maximum absolute atomic E-state index is 13.9. The molecule has 0 amide bonds. The van der Waals surface area contributed by atoms with Crippen molar-refractivity contribution in [3.05, 3.63) is 77.4 Å². The number of anilines is 2. The molecule has 0 saturated heterocycles. The zero-order valence-corrected chi connectivity index (χ0v) is 19.5. The Morgan fingerprint density at radius 2 is 1.62 bits per heavy atom. The molecule has 0 unspecified atom stereocenters. The minimum Gasteiger partial charge on any atom is -0.454 e. The summed E-state index contributed by atoms with van der Waals surface area (Å²) in [4.78, 5) is 11.7. The van der Waals surface area contributed by atoms with E-state index in [2.05, 4.69) is 0 Å². The van der Waals surface area contributed by atoms with Crippen LogP contribution in [0.1, 0.15) is 16.7 Å². The standard InChI is InChI=1S/C25H22N4O4S/c1-16-7-8-17(2)23(11-16)34(30,31)29-14-28(13-18-9-10-21-22(12-18)33-15-32-21)24-25(29)27-20-6-4-3-5-19(20)26-24/h3-12H,13-15H2,1-2H3. The quantitative estimate of drug-likeness (QED) is 0.439. The number of para-hydroxylation sites is 2. The smallest absolute Gasteiger partial charge is 0.267 e. The van der Waals surface area contributed by atoms with Gasteiger partial charge in [-0.15, -0.1) is 0 Å². The number of benzene rings is 3. The predicted octanol–water partition coefficient (Wildman–Crippen LogP) is 4.15. The molecule has 34 heavy (non-hydrogen) atoms. The third-order valence-electron chi connectivity index (χ3n) is 6.09. The van der Waals surface area contributed by atoms with E-state index in [1.165, 1.54) is 4.31 Å². The summed E-state index contributed by atoms with van der Waals surface area (Å²) in [6.07, 6.45) is 0. The van der Waals surface area contributed by atoms with E-state index in [-0.39, 0.29) is 18.4 Å². The molecule has 0 saturated carbocycles. The van der Waals surface area contributed by atoms with Crippen molar-refractivity contribution in [3.63, 3.8) is 0 Å². The van der Waals surface area contributed by atoms with Crippen LogP contribution in [0.2, 0.25) is 0 Å². The lowest BCUT2D eigenvalue weighted by Gasteiger charge is -2.21. The molecule has 0 radical (unpaired) electrons. The number of fused-ring (bicyclic) bond motifs is 3. The van der Waals surface area contributed by atoms with E-state index in [0.29, 0.717) is 46.3 Å². The van der Waals surface area contributed by atoms with Crippen molar-refractivity contribution in [1.82, 2.24) is 9.97 Å². The van der Waals surface area contributed by atoms with E-state index in [1.807, 2.05) is 66.4 Å². The normalized spacial score (nSPS) is 14.6. The van der Waals surface area contributed by atoms with Crippen LogP contribution in [0, 0.1) is 13.8 Å². The van der Waals surface area contributed by atoms with Crippen molar-refractivity contribution in [2.45, 2.75) is 25.3 Å². The van der Waals surface area contributed by atoms with E-state index in [0.717, 1.165) is 11.1 Å². The second-order valence-corrected chi connectivity index (χ2v) is 10.3. The lowest BCUT2D eigenvalue weighted by Crippen LogP contribution is -2.36. The Hall–Kier alpha value is -3.85. The number of ether oxygens (including phenoxy) is 2. The summed E-state index contributed by atoms with van der Waals surface area (Å²) in [5.74, 6) is 2.25. The van der Waals surface area contributed by atoms with Gasteiger partial charge in [-0.3, -0.25) is 0 Å². The van der Waals surface area contributed by atoms with Gasteiger partial charge in [0.2, 0.25) is 6.79 Å². The molecule has 172 valence electrons. The van der Waals surface area contributed by atoms with Gasteiger partial charge < -0.3 is 14.4 Å². The second kappa shape index (κ2) is 7.59. The highest BCUT2D eigenvalue weighted by atomic mass is 32.2. The number of sulfonamides is 1. The Labute approximate surface area is 197 Å². The Balaban J connectivity index is 1.46. The van der Waals surface area contributed by atoms with Crippen LogP contribution >= 0.6 is 0 Å².